The van der Waals surface area contributed by atoms with E-state index in [0.717, 1.165) is 6.54 Å². The van der Waals surface area contributed by atoms with E-state index in [1.807, 2.05) is 11.8 Å². The molecule has 0 saturated heterocycles. The van der Waals surface area contributed by atoms with Crippen molar-refractivity contribution in [2.45, 2.75) is 57.9 Å². The lowest BCUT2D eigenvalue weighted by atomic mass is 10.1. The molecule has 0 aliphatic rings. The third-order valence-corrected chi connectivity index (χ3v) is 4.53. The van der Waals surface area contributed by atoms with Gasteiger partial charge in [-0.05, 0) is 57.0 Å². The summed E-state index contributed by atoms with van der Waals surface area (Å²) in [7, 11) is 0. The zero-order valence-corrected chi connectivity index (χ0v) is 13.1. The molecule has 18 heavy (non-hydrogen) atoms. The number of thioether (sulfide) groups is 1. The van der Waals surface area contributed by atoms with Gasteiger partial charge in [0.1, 0.15) is 0 Å². The highest BCUT2D eigenvalue weighted by atomic mass is 32.2. The van der Waals surface area contributed by atoms with Crippen molar-refractivity contribution in [1.82, 2.24) is 5.32 Å². The lowest BCUT2D eigenvalue weighted by Crippen LogP contribution is -2.28. The zero-order chi connectivity index (χ0) is 13.4. The summed E-state index contributed by atoms with van der Waals surface area (Å²) >= 11 is 2.00. The second-order valence-corrected chi connectivity index (χ2v) is 6.06. The van der Waals surface area contributed by atoms with Gasteiger partial charge in [-0.3, -0.25) is 0 Å². The Bertz CT molecular complexity index is 349. The molecule has 1 atom stereocenters. The van der Waals surface area contributed by atoms with Crippen molar-refractivity contribution >= 4 is 11.8 Å². The maximum absolute atomic E-state index is 3.54. The summed E-state index contributed by atoms with van der Waals surface area (Å²) in [4.78, 5) is 1.45. The first-order valence-electron chi connectivity index (χ1n) is 7.10. The van der Waals surface area contributed by atoms with E-state index >= 15 is 0 Å². The van der Waals surface area contributed by atoms with Gasteiger partial charge in [0.05, 0.1) is 0 Å². The van der Waals surface area contributed by atoms with Crippen LogP contribution in [0.25, 0.3) is 0 Å². The van der Waals surface area contributed by atoms with Crippen LogP contribution in [0.4, 0.5) is 0 Å². The van der Waals surface area contributed by atoms with Gasteiger partial charge in [0.2, 0.25) is 0 Å². The summed E-state index contributed by atoms with van der Waals surface area (Å²) in [6, 6.07) is 7.43. The first kappa shape index (κ1) is 15.6. The summed E-state index contributed by atoms with van der Waals surface area (Å²) in [5, 5.41) is 3.54. The molecule has 0 radical (unpaired) electrons. The van der Waals surface area contributed by atoms with E-state index in [-0.39, 0.29) is 0 Å². The van der Waals surface area contributed by atoms with E-state index in [9.17, 15) is 0 Å². The third kappa shape index (κ3) is 5.45. The van der Waals surface area contributed by atoms with Crippen LogP contribution in [0.3, 0.4) is 0 Å². The van der Waals surface area contributed by atoms with Crippen molar-refractivity contribution in [2.24, 2.45) is 0 Å². The van der Waals surface area contributed by atoms with Gasteiger partial charge in [-0.15, -0.1) is 11.8 Å². The van der Waals surface area contributed by atoms with Crippen LogP contribution in [-0.2, 0) is 0 Å². The molecule has 0 saturated carbocycles. The average Bonchev–Trinajstić information content (AvgIpc) is 2.37. The number of hydrogen-bond acceptors (Lipinski definition) is 2. The lowest BCUT2D eigenvalue weighted by Gasteiger charge is -2.15. The first-order valence-corrected chi connectivity index (χ1v) is 8.09. The fourth-order valence-corrected chi connectivity index (χ4v) is 3.21. The van der Waals surface area contributed by atoms with Gasteiger partial charge in [0.15, 0.2) is 0 Å². The Morgan fingerprint density at radius 2 is 2.00 bits per heavy atom. The van der Waals surface area contributed by atoms with Crippen LogP contribution in [0.1, 0.15) is 44.2 Å². The van der Waals surface area contributed by atoms with Crippen LogP contribution in [0.2, 0.25) is 0 Å². The molecule has 0 amide bonds. The van der Waals surface area contributed by atoms with Gasteiger partial charge < -0.3 is 5.32 Å². The Labute approximate surface area is 117 Å². The number of aryl methyl sites for hydroxylation is 2. The molecule has 0 aliphatic heterocycles. The second kappa shape index (κ2) is 8.60. The molecule has 0 heterocycles. The fraction of sp³-hybridized carbons (Fsp3) is 0.625. The minimum absolute atomic E-state index is 0.703. The lowest BCUT2D eigenvalue weighted by molar-refractivity contribution is 0.477. The van der Waals surface area contributed by atoms with E-state index < -0.39 is 0 Å². The molecular formula is C16H27NS. The minimum Gasteiger partial charge on any atom is -0.314 e. The van der Waals surface area contributed by atoms with Crippen LogP contribution in [-0.4, -0.2) is 18.3 Å². The summed E-state index contributed by atoms with van der Waals surface area (Å²) in [6.45, 7) is 9.92. The van der Waals surface area contributed by atoms with Gasteiger partial charge in [-0.2, -0.15) is 0 Å². The largest absolute Gasteiger partial charge is 0.314 e. The van der Waals surface area contributed by atoms with Crippen molar-refractivity contribution in [2.75, 3.05) is 12.3 Å². The molecule has 0 fully saturated rings. The van der Waals surface area contributed by atoms with Gasteiger partial charge in [0, 0.05) is 10.9 Å². The molecule has 1 aromatic rings. The molecule has 0 bridgehead atoms. The van der Waals surface area contributed by atoms with Crippen molar-refractivity contribution in [3.8, 4) is 0 Å². The molecule has 2 heteroatoms. The predicted molar refractivity (Wildman–Crippen MR) is 83.6 cm³/mol. The van der Waals surface area contributed by atoms with Crippen LogP contribution >= 0.6 is 11.8 Å². The topological polar surface area (TPSA) is 12.0 Å². The van der Waals surface area contributed by atoms with Gasteiger partial charge in [-0.25, -0.2) is 0 Å². The minimum atomic E-state index is 0.703. The van der Waals surface area contributed by atoms with Crippen molar-refractivity contribution in [3.05, 3.63) is 29.3 Å². The second-order valence-electron chi connectivity index (χ2n) is 4.92. The third-order valence-electron chi connectivity index (χ3n) is 3.28. The highest BCUT2D eigenvalue weighted by molar-refractivity contribution is 7.99. The number of rotatable bonds is 8. The van der Waals surface area contributed by atoms with Gasteiger partial charge >= 0.3 is 0 Å². The molecule has 0 aromatic heterocycles. The van der Waals surface area contributed by atoms with Gasteiger partial charge in [-0.1, -0.05) is 31.5 Å². The first-order chi connectivity index (χ1) is 8.67. The Balaban J connectivity index is 2.31. The van der Waals surface area contributed by atoms with Crippen molar-refractivity contribution in [3.63, 3.8) is 0 Å². The summed E-state index contributed by atoms with van der Waals surface area (Å²) in [5.74, 6) is 1.23. The summed E-state index contributed by atoms with van der Waals surface area (Å²) < 4.78 is 0. The molecule has 1 unspecified atom stereocenters. The Hall–Kier alpha value is -0.470. The van der Waals surface area contributed by atoms with Crippen molar-refractivity contribution in [1.29, 1.82) is 0 Å². The average molecular weight is 265 g/mol. The number of hydrogen-bond donors (Lipinski definition) is 1. The Kier molecular flexibility index (Phi) is 7.45. The monoisotopic (exact) mass is 265 g/mol. The molecule has 0 aliphatic carbocycles. The molecule has 0 spiro atoms. The smallest absolute Gasteiger partial charge is 0.0104 e. The van der Waals surface area contributed by atoms with Gasteiger partial charge in [0.25, 0.3) is 0 Å². The maximum atomic E-state index is 3.54. The van der Waals surface area contributed by atoms with E-state index in [2.05, 4.69) is 51.2 Å². The standard InChI is InChI=1S/C16H27NS/c1-5-15(17-6-2)8-7-11-18-16-12-13(3)9-10-14(16)4/h9-10,12,15,17H,5-8,11H2,1-4H3. The van der Waals surface area contributed by atoms with E-state index in [0.29, 0.717) is 6.04 Å². The molecule has 1 nitrogen and oxygen atoms in total. The van der Waals surface area contributed by atoms with E-state index in [4.69, 9.17) is 0 Å². The highest BCUT2D eigenvalue weighted by Gasteiger charge is 2.04. The SMILES string of the molecule is CCNC(CC)CCCSc1cc(C)ccc1C. The predicted octanol–water partition coefficient (Wildman–Crippen LogP) is 4.56. The van der Waals surface area contributed by atoms with Crippen LogP contribution in [0.5, 0.6) is 0 Å². The molecule has 102 valence electrons. The molecule has 1 N–H and O–H groups in total. The molecule has 1 aromatic carbocycles. The number of benzene rings is 1. The highest BCUT2D eigenvalue weighted by Crippen LogP contribution is 2.24. The van der Waals surface area contributed by atoms with Crippen molar-refractivity contribution < 1.29 is 0 Å². The fourth-order valence-electron chi connectivity index (χ4n) is 2.11. The Morgan fingerprint density at radius 1 is 1.22 bits per heavy atom. The molecule has 1 rings (SSSR count). The van der Waals surface area contributed by atoms with Crippen LogP contribution < -0.4 is 5.32 Å². The quantitative estimate of drug-likeness (QED) is 0.546. The summed E-state index contributed by atoms with van der Waals surface area (Å²) in [6.07, 6.45) is 3.83. The maximum Gasteiger partial charge on any atom is 0.0104 e. The Morgan fingerprint density at radius 3 is 2.67 bits per heavy atom. The zero-order valence-electron chi connectivity index (χ0n) is 12.3. The van der Waals surface area contributed by atoms with E-state index in [1.54, 1.807) is 0 Å². The van der Waals surface area contributed by atoms with Crippen LogP contribution in [0.15, 0.2) is 23.1 Å². The molecular weight excluding hydrogens is 238 g/mol. The normalized spacial score (nSPS) is 12.7. The number of nitrogens with one attached hydrogen (secondary N) is 1. The van der Waals surface area contributed by atoms with Crippen LogP contribution in [0, 0.1) is 13.8 Å². The summed E-state index contributed by atoms with van der Waals surface area (Å²) in [5.41, 5.74) is 2.77. The van der Waals surface area contributed by atoms with E-state index in [1.165, 1.54) is 41.0 Å².